The molecule has 3 nitrogen and oxygen atoms in total. The van der Waals surface area contributed by atoms with Crippen molar-refractivity contribution in [2.45, 2.75) is 84.0 Å². The fourth-order valence-electron chi connectivity index (χ4n) is 2.72. The van der Waals surface area contributed by atoms with Gasteiger partial charge < -0.3 is 0 Å². The van der Waals surface area contributed by atoms with Gasteiger partial charge in [0.15, 0.2) is 0 Å². The lowest BCUT2D eigenvalue weighted by Crippen LogP contribution is -2.19. The topological polar surface area (TPSA) is 32.7 Å². The van der Waals surface area contributed by atoms with Crippen LogP contribution in [0.5, 0.6) is 0 Å². The van der Waals surface area contributed by atoms with Crippen LogP contribution in [0.2, 0.25) is 0 Å². The van der Waals surface area contributed by atoms with Gasteiger partial charge in [-0.2, -0.15) is 0 Å². The molecule has 0 fully saturated rings. The van der Waals surface area contributed by atoms with Crippen molar-refractivity contribution in [2.75, 3.05) is 11.8 Å². The molecule has 0 aliphatic rings. The first-order valence-electron chi connectivity index (χ1n) is 9.51. The van der Waals surface area contributed by atoms with Crippen LogP contribution < -0.4 is 5.23 Å². The molecule has 0 radical (unpaired) electrons. The highest BCUT2D eigenvalue weighted by atomic mass is 16.9. The van der Waals surface area contributed by atoms with Crippen molar-refractivity contribution in [2.24, 2.45) is 0 Å². The van der Waals surface area contributed by atoms with E-state index in [1.54, 1.807) is 0 Å². The lowest BCUT2D eigenvalue weighted by molar-refractivity contribution is -0.0422. The highest BCUT2D eigenvalue weighted by Gasteiger charge is 2.01. The van der Waals surface area contributed by atoms with Gasteiger partial charge in [-0.05, 0) is 18.6 Å². The van der Waals surface area contributed by atoms with Crippen molar-refractivity contribution < 1.29 is 10.0 Å². The van der Waals surface area contributed by atoms with Crippen LogP contribution in [-0.4, -0.2) is 11.8 Å². The molecule has 1 rings (SSSR count). The third-order valence-electron chi connectivity index (χ3n) is 4.19. The van der Waals surface area contributed by atoms with Crippen molar-refractivity contribution in [3.05, 3.63) is 30.3 Å². The first kappa shape index (κ1) is 20.0. The van der Waals surface area contributed by atoms with E-state index in [1.807, 2.05) is 30.3 Å². The molecule has 0 saturated heterocycles. The maximum absolute atomic E-state index is 9.71. The van der Waals surface area contributed by atoms with Crippen molar-refractivity contribution in [3.63, 3.8) is 0 Å². The fourth-order valence-corrected chi connectivity index (χ4v) is 2.72. The summed E-state index contributed by atoms with van der Waals surface area (Å²) in [6.07, 6.45) is 15.9. The first-order chi connectivity index (χ1) is 11.3. The molecule has 23 heavy (non-hydrogen) atoms. The molecular formula is C20H35NO2. The highest BCUT2D eigenvalue weighted by Crippen LogP contribution is 2.13. The zero-order chi connectivity index (χ0) is 16.6. The highest BCUT2D eigenvalue weighted by molar-refractivity contribution is 5.40. The van der Waals surface area contributed by atoms with Gasteiger partial charge in [0.25, 0.3) is 0 Å². The Labute approximate surface area is 142 Å². The molecule has 0 aliphatic heterocycles. The van der Waals surface area contributed by atoms with Crippen molar-refractivity contribution in [1.29, 1.82) is 0 Å². The minimum absolute atomic E-state index is 0.572. The Bertz CT molecular complexity index is 356. The van der Waals surface area contributed by atoms with Crippen LogP contribution in [0.4, 0.5) is 5.69 Å². The summed E-state index contributed by atoms with van der Waals surface area (Å²) < 4.78 is 0. The largest absolute Gasteiger partial charge is 0.264 e. The SMILES string of the molecule is CCCCCCCCCCCCCCON(O)c1ccccc1. The van der Waals surface area contributed by atoms with E-state index in [-0.39, 0.29) is 0 Å². The second kappa shape index (κ2) is 14.5. The maximum atomic E-state index is 9.71. The summed E-state index contributed by atoms with van der Waals surface area (Å²) in [5.41, 5.74) is 0.673. The van der Waals surface area contributed by atoms with E-state index in [1.165, 1.54) is 70.6 Å². The molecular weight excluding hydrogens is 286 g/mol. The summed E-state index contributed by atoms with van der Waals surface area (Å²) in [6, 6.07) is 9.32. The quantitative estimate of drug-likeness (QED) is 0.295. The molecule has 1 N–H and O–H groups in total. The van der Waals surface area contributed by atoms with Gasteiger partial charge in [-0.25, -0.2) is 4.84 Å². The van der Waals surface area contributed by atoms with E-state index in [9.17, 15) is 5.21 Å². The monoisotopic (exact) mass is 321 g/mol. The van der Waals surface area contributed by atoms with Gasteiger partial charge in [0, 0.05) is 0 Å². The second-order valence-electron chi connectivity index (χ2n) is 6.33. The van der Waals surface area contributed by atoms with Gasteiger partial charge in [0.1, 0.15) is 0 Å². The molecule has 0 aromatic heterocycles. The number of para-hydroxylation sites is 1. The zero-order valence-electron chi connectivity index (χ0n) is 14.9. The van der Waals surface area contributed by atoms with E-state index in [2.05, 4.69) is 6.92 Å². The molecule has 0 heterocycles. The van der Waals surface area contributed by atoms with Gasteiger partial charge >= 0.3 is 0 Å². The molecule has 0 aliphatic carbocycles. The number of anilines is 1. The molecule has 0 spiro atoms. The maximum Gasteiger partial charge on any atom is 0.0945 e. The zero-order valence-corrected chi connectivity index (χ0v) is 14.9. The number of benzene rings is 1. The first-order valence-corrected chi connectivity index (χ1v) is 9.51. The van der Waals surface area contributed by atoms with Crippen LogP contribution in [0.25, 0.3) is 0 Å². The third kappa shape index (κ3) is 11.2. The molecule has 0 saturated carbocycles. The average molecular weight is 322 g/mol. The summed E-state index contributed by atoms with van der Waals surface area (Å²) in [6.45, 7) is 2.84. The normalized spacial score (nSPS) is 10.9. The van der Waals surface area contributed by atoms with Crippen molar-refractivity contribution in [3.8, 4) is 0 Å². The van der Waals surface area contributed by atoms with E-state index < -0.39 is 0 Å². The van der Waals surface area contributed by atoms with Gasteiger partial charge in [-0.15, -0.1) is 5.23 Å². The lowest BCUT2D eigenvalue weighted by atomic mass is 10.1. The summed E-state index contributed by atoms with van der Waals surface area (Å²) in [5.74, 6) is 0. The molecule has 132 valence electrons. The van der Waals surface area contributed by atoms with E-state index >= 15 is 0 Å². The molecule has 0 bridgehead atoms. The third-order valence-corrected chi connectivity index (χ3v) is 4.19. The van der Waals surface area contributed by atoms with Gasteiger partial charge in [-0.3, -0.25) is 5.21 Å². The summed E-state index contributed by atoms with van der Waals surface area (Å²) in [5, 5.41) is 10.6. The van der Waals surface area contributed by atoms with Crippen LogP contribution in [-0.2, 0) is 4.84 Å². The van der Waals surface area contributed by atoms with Crippen molar-refractivity contribution in [1.82, 2.24) is 0 Å². The standard InChI is InChI=1S/C20H35NO2/c1-2-3-4-5-6-7-8-9-10-11-12-16-19-23-21(22)20-17-14-13-15-18-20/h13-15,17-18,22H,2-12,16,19H2,1H3. The predicted octanol–water partition coefficient (Wildman–Crippen LogP) is 6.51. The van der Waals surface area contributed by atoms with Crippen LogP contribution in [0.3, 0.4) is 0 Å². The number of rotatable bonds is 15. The number of unbranched alkanes of at least 4 members (excludes halogenated alkanes) is 11. The van der Waals surface area contributed by atoms with Crippen molar-refractivity contribution >= 4 is 5.69 Å². The smallest absolute Gasteiger partial charge is 0.0945 e. The Hall–Kier alpha value is -1.06. The van der Waals surface area contributed by atoms with Gasteiger partial charge in [-0.1, -0.05) is 95.8 Å². The number of nitrogens with zero attached hydrogens (tertiary/aromatic N) is 1. The van der Waals surface area contributed by atoms with Gasteiger partial charge in [0.05, 0.1) is 12.3 Å². The Balaban J connectivity index is 1.81. The van der Waals surface area contributed by atoms with Crippen LogP contribution >= 0.6 is 0 Å². The lowest BCUT2D eigenvalue weighted by Gasteiger charge is -2.15. The van der Waals surface area contributed by atoms with Crippen LogP contribution in [0.15, 0.2) is 30.3 Å². The summed E-state index contributed by atoms with van der Waals surface area (Å²) in [4.78, 5) is 5.31. The van der Waals surface area contributed by atoms with Crippen LogP contribution in [0, 0.1) is 0 Å². The van der Waals surface area contributed by atoms with Crippen LogP contribution in [0.1, 0.15) is 84.0 Å². The molecule has 3 heteroatoms. The molecule has 0 atom stereocenters. The summed E-state index contributed by atoms with van der Waals surface area (Å²) >= 11 is 0. The van der Waals surface area contributed by atoms with Gasteiger partial charge in [0.2, 0.25) is 0 Å². The molecule has 1 aromatic carbocycles. The Kier molecular flexibility index (Phi) is 12.6. The van der Waals surface area contributed by atoms with E-state index in [0.717, 1.165) is 11.6 Å². The molecule has 1 aromatic rings. The van der Waals surface area contributed by atoms with E-state index in [4.69, 9.17) is 4.84 Å². The Morgan fingerprint density at radius 1 is 0.739 bits per heavy atom. The summed E-state index contributed by atoms with van der Waals surface area (Å²) in [7, 11) is 0. The van der Waals surface area contributed by atoms with E-state index in [0.29, 0.717) is 12.3 Å². The second-order valence-corrected chi connectivity index (χ2v) is 6.33. The predicted molar refractivity (Wildman–Crippen MR) is 97.7 cm³/mol. The fraction of sp³-hybridized carbons (Fsp3) is 0.700. The average Bonchev–Trinajstić information content (AvgIpc) is 2.59. The number of hydrogen-bond donors (Lipinski definition) is 1. The molecule has 0 unspecified atom stereocenters. The minimum atomic E-state index is 0.572. The number of hydrogen-bond acceptors (Lipinski definition) is 3. The Morgan fingerprint density at radius 2 is 1.22 bits per heavy atom. The Morgan fingerprint density at radius 3 is 1.74 bits per heavy atom. The molecule has 0 amide bonds. The minimum Gasteiger partial charge on any atom is -0.264 e.